The van der Waals surface area contributed by atoms with Crippen molar-refractivity contribution in [1.29, 1.82) is 0 Å². The van der Waals surface area contributed by atoms with Crippen LogP contribution in [0.4, 0.5) is 0 Å². The first-order valence-corrected chi connectivity index (χ1v) is 6.01. The van der Waals surface area contributed by atoms with Crippen molar-refractivity contribution in [3.63, 3.8) is 0 Å². The molecule has 1 saturated heterocycles. The highest BCUT2D eigenvalue weighted by Crippen LogP contribution is 2.35. The molecule has 1 N–H and O–H groups in total. The molecule has 1 fully saturated rings. The number of aromatic nitrogens is 1. The van der Waals surface area contributed by atoms with E-state index in [0.717, 1.165) is 10.7 Å². The van der Waals surface area contributed by atoms with E-state index < -0.39 is 0 Å². The summed E-state index contributed by atoms with van der Waals surface area (Å²) in [6.07, 6.45) is 0. The Labute approximate surface area is 94.1 Å². The summed E-state index contributed by atoms with van der Waals surface area (Å²) in [5, 5.41) is 12.6. The van der Waals surface area contributed by atoms with Crippen molar-refractivity contribution in [2.24, 2.45) is 0 Å². The van der Waals surface area contributed by atoms with Gasteiger partial charge in [-0.3, -0.25) is 0 Å². The summed E-state index contributed by atoms with van der Waals surface area (Å²) in [6, 6.07) is 0. The van der Waals surface area contributed by atoms with Crippen LogP contribution < -0.4 is 0 Å². The zero-order valence-corrected chi connectivity index (χ0v) is 10.2. The van der Waals surface area contributed by atoms with Crippen molar-refractivity contribution in [1.82, 2.24) is 4.98 Å². The van der Waals surface area contributed by atoms with Crippen LogP contribution in [0.2, 0.25) is 0 Å². The van der Waals surface area contributed by atoms with Crippen LogP contribution in [-0.4, -0.2) is 29.9 Å². The number of nitrogens with zero attached hydrogens (tertiary/aromatic N) is 1. The van der Waals surface area contributed by atoms with E-state index in [1.807, 2.05) is 0 Å². The Bertz CT molecular complexity index is 344. The number of hydrogen-bond donors (Lipinski definition) is 1. The lowest BCUT2D eigenvalue weighted by molar-refractivity contribution is -0.0860. The average Bonchev–Trinajstić information content (AvgIpc) is 2.51. The zero-order valence-electron chi connectivity index (χ0n) is 9.41. The van der Waals surface area contributed by atoms with E-state index in [9.17, 15) is 5.11 Å². The maximum absolute atomic E-state index is 9.39. The van der Waals surface area contributed by atoms with Gasteiger partial charge in [-0.25, -0.2) is 4.98 Å². The molecule has 0 unspecified atom stereocenters. The van der Waals surface area contributed by atoms with E-state index in [1.165, 1.54) is 0 Å². The third-order valence-electron chi connectivity index (χ3n) is 2.75. The van der Waals surface area contributed by atoms with Crippen molar-refractivity contribution in [3.05, 3.63) is 16.1 Å². The molecule has 0 aliphatic carbocycles. The van der Waals surface area contributed by atoms with Gasteiger partial charge in [0.25, 0.3) is 0 Å². The predicted molar refractivity (Wildman–Crippen MR) is 60.4 cm³/mol. The molecule has 1 aliphatic heterocycles. The molecule has 2 rings (SSSR count). The second kappa shape index (κ2) is 3.54. The SMILES string of the molecule is CC(C)(C)c1nc(C2(CO)COC2)cs1. The van der Waals surface area contributed by atoms with Crippen LogP contribution in [0.5, 0.6) is 0 Å². The summed E-state index contributed by atoms with van der Waals surface area (Å²) in [4.78, 5) is 4.63. The van der Waals surface area contributed by atoms with Crippen LogP contribution in [0.25, 0.3) is 0 Å². The van der Waals surface area contributed by atoms with Gasteiger partial charge < -0.3 is 9.84 Å². The zero-order chi connectivity index (χ0) is 11.1. The largest absolute Gasteiger partial charge is 0.395 e. The van der Waals surface area contributed by atoms with Crippen molar-refractivity contribution in [2.45, 2.75) is 31.6 Å². The molecule has 1 aliphatic rings. The maximum atomic E-state index is 9.39. The fourth-order valence-corrected chi connectivity index (χ4v) is 2.56. The highest BCUT2D eigenvalue weighted by atomic mass is 32.1. The quantitative estimate of drug-likeness (QED) is 0.836. The van der Waals surface area contributed by atoms with Crippen LogP contribution in [0.1, 0.15) is 31.5 Å². The van der Waals surface area contributed by atoms with E-state index >= 15 is 0 Å². The molecule has 0 aromatic carbocycles. The van der Waals surface area contributed by atoms with Crippen LogP contribution in [0.3, 0.4) is 0 Å². The highest BCUT2D eigenvalue weighted by Gasteiger charge is 2.42. The van der Waals surface area contributed by atoms with E-state index in [0.29, 0.717) is 13.2 Å². The molecule has 0 bridgehead atoms. The van der Waals surface area contributed by atoms with Crippen LogP contribution >= 0.6 is 11.3 Å². The first-order chi connectivity index (χ1) is 6.98. The van der Waals surface area contributed by atoms with E-state index in [2.05, 4.69) is 31.1 Å². The van der Waals surface area contributed by atoms with E-state index in [-0.39, 0.29) is 17.4 Å². The summed E-state index contributed by atoms with van der Waals surface area (Å²) < 4.78 is 5.18. The van der Waals surface area contributed by atoms with Gasteiger partial charge in [0.05, 0.1) is 35.9 Å². The predicted octanol–water partition coefficient (Wildman–Crippen LogP) is 1.70. The molecule has 1 aromatic heterocycles. The van der Waals surface area contributed by atoms with E-state index in [4.69, 9.17) is 4.74 Å². The standard InChI is InChI=1S/C11H17NO2S/c1-10(2,3)9-12-8(4-15-9)11(5-13)6-14-7-11/h4,13H,5-7H2,1-3H3. The number of hydrogen-bond acceptors (Lipinski definition) is 4. The highest BCUT2D eigenvalue weighted by molar-refractivity contribution is 7.09. The van der Waals surface area contributed by atoms with Gasteiger partial charge in [-0.15, -0.1) is 11.3 Å². The van der Waals surface area contributed by atoms with Gasteiger partial charge >= 0.3 is 0 Å². The molecule has 84 valence electrons. The van der Waals surface area contributed by atoms with Gasteiger partial charge in [-0.1, -0.05) is 20.8 Å². The Kier molecular flexibility index (Phi) is 2.61. The number of aliphatic hydroxyl groups excluding tert-OH is 1. The van der Waals surface area contributed by atoms with Crippen molar-refractivity contribution in [2.75, 3.05) is 19.8 Å². The molecule has 4 heteroatoms. The lowest BCUT2D eigenvalue weighted by Crippen LogP contribution is -2.50. The van der Waals surface area contributed by atoms with Gasteiger partial charge in [-0.2, -0.15) is 0 Å². The Morgan fingerprint density at radius 3 is 2.53 bits per heavy atom. The van der Waals surface area contributed by atoms with Crippen molar-refractivity contribution >= 4 is 11.3 Å². The molecular formula is C11H17NO2S. The molecule has 0 amide bonds. The van der Waals surface area contributed by atoms with Gasteiger partial charge in [-0.05, 0) is 0 Å². The van der Waals surface area contributed by atoms with Crippen LogP contribution in [0.15, 0.2) is 5.38 Å². The minimum Gasteiger partial charge on any atom is -0.395 e. The first-order valence-electron chi connectivity index (χ1n) is 5.13. The van der Waals surface area contributed by atoms with Crippen molar-refractivity contribution < 1.29 is 9.84 Å². The summed E-state index contributed by atoms with van der Waals surface area (Å²) in [5.41, 5.74) is 0.857. The second-order valence-corrected chi connectivity index (χ2v) is 6.08. The lowest BCUT2D eigenvalue weighted by atomic mass is 9.84. The minimum atomic E-state index is -0.222. The third kappa shape index (κ3) is 1.82. The fraction of sp³-hybridized carbons (Fsp3) is 0.727. The molecule has 0 spiro atoms. The molecule has 0 radical (unpaired) electrons. The van der Waals surface area contributed by atoms with Gasteiger partial charge in [0.15, 0.2) is 0 Å². The smallest absolute Gasteiger partial charge is 0.0982 e. The normalized spacial score (nSPS) is 20.0. The maximum Gasteiger partial charge on any atom is 0.0982 e. The molecule has 3 nitrogen and oxygen atoms in total. The average molecular weight is 227 g/mol. The summed E-state index contributed by atoms with van der Waals surface area (Å²) in [7, 11) is 0. The van der Waals surface area contributed by atoms with E-state index in [1.54, 1.807) is 11.3 Å². The molecule has 15 heavy (non-hydrogen) atoms. The fourth-order valence-electron chi connectivity index (χ4n) is 1.53. The summed E-state index contributed by atoms with van der Waals surface area (Å²) >= 11 is 1.67. The molecule has 0 saturated carbocycles. The van der Waals surface area contributed by atoms with Gasteiger partial charge in [0, 0.05) is 10.8 Å². The van der Waals surface area contributed by atoms with Gasteiger partial charge in [0.1, 0.15) is 0 Å². The number of aliphatic hydroxyl groups is 1. The molecule has 2 heterocycles. The Hall–Kier alpha value is -0.450. The van der Waals surface area contributed by atoms with Crippen molar-refractivity contribution in [3.8, 4) is 0 Å². The Morgan fingerprint density at radius 1 is 1.53 bits per heavy atom. The second-order valence-electron chi connectivity index (χ2n) is 5.22. The lowest BCUT2D eigenvalue weighted by Gasteiger charge is -2.38. The Morgan fingerprint density at radius 2 is 2.20 bits per heavy atom. The number of ether oxygens (including phenoxy) is 1. The van der Waals surface area contributed by atoms with Gasteiger partial charge in [0.2, 0.25) is 0 Å². The molecule has 0 atom stereocenters. The van der Waals surface area contributed by atoms with Crippen LogP contribution in [-0.2, 0) is 15.6 Å². The van der Waals surface area contributed by atoms with Crippen LogP contribution in [0, 0.1) is 0 Å². The monoisotopic (exact) mass is 227 g/mol. The summed E-state index contributed by atoms with van der Waals surface area (Å²) in [5.74, 6) is 0. The summed E-state index contributed by atoms with van der Waals surface area (Å²) in [6.45, 7) is 7.77. The Balaban J connectivity index is 2.27. The topological polar surface area (TPSA) is 42.4 Å². The number of thiazole rings is 1. The third-order valence-corrected chi connectivity index (χ3v) is 4.02. The first kappa shape index (κ1) is 11.0. The number of rotatable bonds is 2. The molecular weight excluding hydrogens is 210 g/mol. The molecule has 1 aromatic rings. The minimum absolute atomic E-state index is 0.0875.